The fourth-order valence-electron chi connectivity index (χ4n) is 4.08. The molecule has 200 valence electrons. The number of aromatic nitrogens is 4. The second-order valence-electron chi connectivity index (χ2n) is 8.47. The van der Waals surface area contributed by atoms with Crippen LogP contribution in [0.25, 0.3) is 39.5 Å². The molecule has 0 atom stereocenters. The molecule has 3 aromatic heterocycles. The molecule has 2 aromatic carbocycles. The Balaban J connectivity index is 0.00000181. The van der Waals surface area contributed by atoms with Crippen molar-refractivity contribution in [1.82, 2.24) is 24.8 Å². The third-order valence-electron chi connectivity index (χ3n) is 5.96. The lowest BCUT2D eigenvalue weighted by Crippen LogP contribution is -2.14. The number of anilines is 1. The molecule has 3 heterocycles. The number of hydrogen-bond donors (Lipinski definition) is 4. The molecule has 9 heteroatoms. The summed E-state index contributed by atoms with van der Waals surface area (Å²) in [4.78, 5) is 14.1. The van der Waals surface area contributed by atoms with Crippen LogP contribution in [0, 0.1) is 11.3 Å². The summed E-state index contributed by atoms with van der Waals surface area (Å²) >= 11 is 0. The second-order valence-corrected chi connectivity index (χ2v) is 8.47. The van der Waals surface area contributed by atoms with Gasteiger partial charge in [-0.25, -0.2) is 15.0 Å². The van der Waals surface area contributed by atoms with Crippen LogP contribution in [0.5, 0.6) is 0 Å². The molecule has 5 aromatic rings. The van der Waals surface area contributed by atoms with Gasteiger partial charge in [-0.05, 0) is 48.0 Å². The summed E-state index contributed by atoms with van der Waals surface area (Å²) < 4.78 is 1.99. The third-order valence-corrected chi connectivity index (χ3v) is 5.96. The highest BCUT2D eigenvalue weighted by Crippen LogP contribution is 2.31. The summed E-state index contributed by atoms with van der Waals surface area (Å²) in [7, 11) is 0. The van der Waals surface area contributed by atoms with Gasteiger partial charge in [0.05, 0.1) is 17.0 Å². The van der Waals surface area contributed by atoms with Crippen molar-refractivity contribution >= 4 is 17.0 Å². The largest absolute Gasteiger partial charge is 0.403 e. The van der Waals surface area contributed by atoms with Gasteiger partial charge in [0.25, 0.3) is 0 Å². The first-order chi connectivity index (χ1) is 19.6. The van der Waals surface area contributed by atoms with Gasteiger partial charge in [-0.15, -0.1) is 0 Å². The van der Waals surface area contributed by atoms with Crippen molar-refractivity contribution in [2.24, 2.45) is 11.5 Å². The van der Waals surface area contributed by atoms with Gasteiger partial charge in [0.2, 0.25) is 0 Å². The van der Waals surface area contributed by atoms with Gasteiger partial charge in [0, 0.05) is 30.2 Å². The van der Waals surface area contributed by atoms with E-state index in [9.17, 15) is 0 Å². The maximum absolute atomic E-state index is 8.90. The molecule has 0 amide bonds. The van der Waals surface area contributed by atoms with Crippen LogP contribution in [0.1, 0.15) is 19.4 Å². The number of nitrogen functional groups attached to an aromatic ring is 1. The van der Waals surface area contributed by atoms with Crippen LogP contribution in [-0.4, -0.2) is 19.5 Å². The maximum atomic E-state index is 8.90. The molecule has 40 heavy (non-hydrogen) atoms. The van der Waals surface area contributed by atoms with Gasteiger partial charge in [-0.1, -0.05) is 56.3 Å². The van der Waals surface area contributed by atoms with E-state index in [1.165, 1.54) is 12.3 Å². The zero-order valence-corrected chi connectivity index (χ0v) is 22.4. The lowest BCUT2D eigenvalue weighted by Gasteiger charge is -2.12. The van der Waals surface area contributed by atoms with Gasteiger partial charge in [0.1, 0.15) is 23.1 Å². The summed E-state index contributed by atoms with van der Waals surface area (Å²) in [6.45, 7) is 4.49. The van der Waals surface area contributed by atoms with Crippen LogP contribution < -0.4 is 22.5 Å². The fraction of sp³-hybridized carbons (Fsp3) is 0.0968. The maximum Gasteiger partial charge on any atom is 0.165 e. The van der Waals surface area contributed by atoms with Crippen molar-refractivity contribution in [3.05, 3.63) is 114 Å². The number of nitrogens with one attached hydrogen (secondary N) is 1. The number of allylic oxidation sites excluding steroid dienone is 2. The molecule has 9 nitrogen and oxygen atoms in total. The average Bonchev–Trinajstić information content (AvgIpc) is 3.39. The lowest BCUT2D eigenvalue weighted by atomic mass is 10.1. The number of hydrogen-bond acceptors (Lipinski definition) is 8. The Labute approximate surface area is 233 Å². The van der Waals surface area contributed by atoms with E-state index in [2.05, 4.69) is 10.3 Å². The highest BCUT2D eigenvalue weighted by molar-refractivity contribution is 5.84. The third kappa shape index (κ3) is 5.92. The molecule has 0 bridgehead atoms. The number of benzene rings is 2. The van der Waals surface area contributed by atoms with E-state index in [1.807, 2.05) is 103 Å². The number of rotatable bonds is 7. The molecule has 0 unspecified atom stereocenters. The van der Waals surface area contributed by atoms with Crippen molar-refractivity contribution < 1.29 is 0 Å². The topological polar surface area (TPSA) is 157 Å². The Bertz CT molecular complexity index is 1690. The summed E-state index contributed by atoms with van der Waals surface area (Å²) in [5.41, 5.74) is 24.0. The molecule has 0 aliphatic rings. The van der Waals surface area contributed by atoms with E-state index in [0.29, 0.717) is 29.5 Å². The summed E-state index contributed by atoms with van der Waals surface area (Å²) in [6.07, 6.45) is 4.52. The Morgan fingerprint density at radius 3 is 2.40 bits per heavy atom. The molecule has 0 fully saturated rings. The summed E-state index contributed by atoms with van der Waals surface area (Å²) in [5.74, 6) is 1.04. The Kier molecular flexibility index (Phi) is 8.74. The minimum atomic E-state index is 0.0705. The summed E-state index contributed by atoms with van der Waals surface area (Å²) in [5, 5.41) is 12.1. The standard InChI is InChI=1S/C29H25N9.C2H6/c30-16-21(32)15-22(17-31)35-18-19-8-10-23(11-9-19)38-28(24-7-4-14-34-27(24)33)37-26-13-12-25(36-29(26)38)20-5-2-1-3-6-20;1-2/h1-15,17,35H,18,31-32H2,(H2,33,34);1-2H3/b21-15-,22-17+;. The first-order valence-corrected chi connectivity index (χ1v) is 12.9. The first-order valence-electron chi connectivity index (χ1n) is 12.9. The Morgan fingerprint density at radius 2 is 1.73 bits per heavy atom. The van der Waals surface area contributed by atoms with Crippen LogP contribution >= 0.6 is 0 Å². The van der Waals surface area contributed by atoms with Crippen LogP contribution in [0.4, 0.5) is 5.82 Å². The van der Waals surface area contributed by atoms with Gasteiger partial charge in [0.15, 0.2) is 11.5 Å². The number of nitriles is 1. The van der Waals surface area contributed by atoms with E-state index in [0.717, 1.165) is 33.6 Å². The van der Waals surface area contributed by atoms with E-state index < -0.39 is 0 Å². The first kappa shape index (κ1) is 27.4. The normalized spacial score (nSPS) is 11.4. The predicted octanol–water partition coefficient (Wildman–Crippen LogP) is 5.01. The quantitative estimate of drug-likeness (QED) is 0.169. The lowest BCUT2D eigenvalue weighted by molar-refractivity contribution is 0.828. The number of fused-ring (bicyclic) bond motifs is 1. The molecule has 0 saturated heterocycles. The van der Waals surface area contributed by atoms with E-state index in [-0.39, 0.29) is 5.70 Å². The highest BCUT2D eigenvalue weighted by atomic mass is 15.1. The molecular formula is C31H31N9. The molecule has 0 aliphatic carbocycles. The molecule has 0 aliphatic heterocycles. The van der Waals surface area contributed by atoms with Crippen molar-refractivity contribution in [3.63, 3.8) is 0 Å². The number of pyridine rings is 2. The summed E-state index contributed by atoms with van der Waals surface area (Å²) in [6, 6.07) is 27.6. The molecule has 0 radical (unpaired) electrons. The van der Waals surface area contributed by atoms with Crippen molar-refractivity contribution in [2.45, 2.75) is 20.4 Å². The molecular weight excluding hydrogens is 498 g/mol. The minimum absolute atomic E-state index is 0.0705. The van der Waals surface area contributed by atoms with E-state index >= 15 is 0 Å². The SMILES string of the molecule is CC.N#C/C(N)=C/C(=C\N)NCc1ccc(-n2c(-c3cccnc3N)nc3ccc(-c4ccccc4)nc32)cc1. The van der Waals surface area contributed by atoms with Crippen LogP contribution in [0.2, 0.25) is 0 Å². The highest BCUT2D eigenvalue weighted by Gasteiger charge is 2.18. The zero-order valence-electron chi connectivity index (χ0n) is 22.4. The van der Waals surface area contributed by atoms with Crippen LogP contribution in [0.3, 0.4) is 0 Å². The van der Waals surface area contributed by atoms with E-state index in [4.69, 9.17) is 32.4 Å². The number of imidazole rings is 1. The molecule has 0 saturated carbocycles. The molecule has 5 rings (SSSR count). The molecule has 0 spiro atoms. The molecule has 7 N–H and O–H groups in total. The average molecular weight is 530 g/mol. The van der Waals surface area contributed by atoms with Gasteiger partial charge in [-0.3, -0.25) is 4.57 Å². The van der Waals surface area contributed by atoms with Gasteiger partial charge < -0.3 is 22.5 Å². The van der Waals surface area contributed by atoms with Gasteiger partial charge >= 0.3 is 0 Å². The predicted molar refractivity (Wildman–Crippen MR) is 160 cm³/mol. The van der Waals surface area contributed by atoms with E-state index in [1.54, 1.807) is 6.20 Å². The van der Waals surface area contributed by atoms with Crippen molar-refractivity contribution in [3.8, 4) is 34.4 Å². The fourth-order valence-corrected chi connectivity index (χ4v) is 4.08. The van der Waals surface area contributed by atoms with Gasteiger partial charge in [-0.2, -0.15) is 5.26 Å². The number of nitrogens with zero attached hydrogens (tertiary/aromatic N) is 5. The Hall–Kier alpha value is -5.62. The minimum Gasteiger partial charge on any atom is -0.403 e. The smallest absolute Gasteiger partial charge is 0.165 e. The Morgan fingerprint density at radius 1 is 0.975 bits per heavy atom. The number of nitrogens with two attached hydrogens (primary N) is 3. The van der Waals surface area contributed by atoms with Crippen LogP contribution in [-0.2, 0) is 6.54 Å². The monoisotopic (exact) mass is 529 g/mol. The van der Waals surface area contributed by atoms with Crippen LogP contribution in [0.15, 0.2) is 109 Å². The van der Waals surface area contributed by atoms with Crippen molar-refractivity contribution in [1.29, 1.82) is 5.26 Å². The van der Waals surface area contributed by atoms with Crippen molar-refractivity contribution in [2.75, 3.05) is 5.73 Å². The second kappa shape index (κ2) is 12.8. The zero-order chi connectivity index (χ0) is 28.5.